The minimum absolute atomic E-state index is 0.0875. The van der Waals surface area contributed by atoms with E-state index in [-0.39, 0.29) is 11.9 Å². The number of carbonyl (C=O) groups is 1. The van der Waals surface area contributed by atoms with Crippen LogP contribution in [0.25, 0.3) is 0 Å². The van der Waals surface area contributed by atoms with E-state index in [1.54, 1.807) is 0 Å². The Morgan fingerprint density at radius 1 is 1.22 bits per heavy atom. The van der Waals surface area contributed by atoms with Crippen molar-refractivity contribution in [3.8, 4) is 0 Å². The second kappa shape index (κ2) is 6.61. The van der Waals surface area contributed by atoms with Crippen molar-refractivity contribution in [2.75, 3.05) is 19.3 Å². The van der Waals surface area contributed by atoms with Crippen molar-refractivity contribution in [1.82, 2.24) is 9.62 Å². The highest BCUT2D eigenvalue weighted by Gasteiger charge is 2.28. The number of nitrogens with one attached hydrogen (secondary N) is 1. The van der Waals surface area contributed by atoms with Gasteiger partial charge >= 0.3 is 0 Å². The molecule has 1 fully saturated rings. The molecule has 23 heavy (non-hydrogen) atoms. The van der Waals surface area contributed by atoms with E-state index in [2.05, 4.69) is 23.5 Å². The lowest BCUT2D eigenvalue weighted by molar-refractivity contribution is -0.122. The van der Waals surface area contributed by atoms with E-state index < -0.39 is 10.0 Å². The SMILES string of the molecule is CS(=O)(=O)N1CCC(NC(=O)C[C@H]2CCc3ccccc32)CC1. The van der Waals surface area contributed by atoms with Crippen molar-refractivity contribution in [1.29, 1.82) is 0 Å². The van der Waals surface area contributed by atoms with Gasteiger partial charge in [0.25, 0.3) is 0 Å². The topological polar surface area (TPSA) is 66.5 Å². The van der Waals surface area contributed by atoms with E-state index in [1.165, 1.54) is 21.7 Å². The van der Waals surface area contributed by atoms with Gasteiger partial charge in [-0.05, 0) is 42.7 Å². The molecule has 0 spiro atoms. The van der Waals surface area contributed by atoms with Gasteiger partial charge in [-0.2, -0.15) is 0 Å². The molecule has 1 aliphatic carbocycles. The summed E-state index contributed by atoms with van der Waals surface area (Å²) < 4.78 is 24.5. The second-order valence-electron chi connectivity index (χ2n) is 6.64. The minimum atomic E-state index is -3.11. The summed E-state index contributed by atoms with van der Waals surface area (Å²) in [4.78, 5) is 12.3. The molecule has 0 bridgehead atoms. The second-order valence-corrected chi connectivity index (χ2v) is 8.62. The Morgan fingerprint density at radius 3 is 2.61 bits per heavy atom. The maximum absolute atomic E-state index is 12.3. The van der Waals surface area contributed by atoms with Gasteiger partial charge < -0.3 is 5.32 Å². The molecule has 2 aliphatic rings. The van der Waals surface area contributed by atoms with Gasteiger partial charge in [0.2, 0.25) is 15.9 Å². The van der Waals surface area contributed by atoms with Crippen LogP contribution in [0.15, 0.2) is 24.3 Å². The zero-order valence-corrected chi connectivity index (χ0v) is 14.3. The van der Waals surface area contributed by atoms with Crippen molar-refractivity contribution in [3.05, 3.63) is 35.4 Å². The molecule has 0 saturated carbocycles. The average molecular weight is 336 g/mol. The van der Waals surface area contributed by atoms with Crippen LogP contribution in [-0.4, -0.2) is 44.0 Å². The normalized spacial score (nSPS) is 22.7. The number of fused-ring (bicyclic) bond motifs is 1. The Kier molecular flexibility index (Phi) is 4.73. The largest absolute Gasteiger partial charge is 0.353 e. The molecule has 6 heteroatoms. The highest BCUT2D eigenvalue weighted by atomic mass is 32.2. The summed E-state index contributed by atoms with van der Waals surface area (Å²) in [6.45, 7) is 0.992. The number of hydrogen-bond donors (Lipinski definition) is 1. The van der Waals surface area contributed by atoms with E-state index in [1.807, 2.05) is 6.07 Å². The van der Waals surface area contributed by atoms with Crippen molar-refractivity contribution in [3.63, 3.8) is 0 Å². The fourth-order valence-electron chi connectivity index (χ4n) is 3.70. The molecule has 0 unspecified atom stereocenters. The molecule has 1 amide bonds. The zero-order valence-electron chi connectivity index (χ0n) is 13.5. The molecular weight excluding hydrogens is 312 g/mol. The van der Waals surface area contributed by atoms with Crippen LogP contribution in [0.2, 0.25) is 0 Å². The number of benzene rings is 1. The van der Waals surface area contributed by atoms with E-state index in [0.29, 0.717) is 38.3 Å². The van der Waals surface area contributed by atoms with Gasteiger partial charge in [0, 0.05) is 25.6 Å². The van der Waals surface area contributed by atoms with Crippen molar-refractivity contribution in [2.45, 2.75) is 44.1 Å². The van der Waals surface area contributed by atoms with Gasteiger partial charge in [0.05, 0.1) is 6.26 Å². The maximum atomic E-state index is 12.3. The maximum Gasteiger partial charge on any atom is 0.220 e. The molecule has 1 heterocycles. The van der Waals surface area contributed by atoms with Crippen LogP contribution < -0.4 is 5.32 Å². The first-order valence-corrected chi connectivity index (χ1v) is 10.1. The average Bonchev–Trinajstić information content (AvgIpc) is 2.90. The number of nitrogens with zero attached hydrogens (tertiary/aromatic N) is 1. The fourth-order valence-corrected chi connectivity index (χ4v) is 4.57. The number of hydrogen-bond acceptors (Lipinski definition) is 3. The first-order chi connectivity index (χ1) is 10.9. The summed E-state index contributed by atoms with van der Waals surface area (Å²) >= 11 is 0. The van der Waals surface area contributed by atoms with Gasteiger partial charge in [-0.1, -0.05) is 24.3 Å². The Balaban J connectivity index is 1.50. The molecule has 126 valence electrons. The Hall–Kier alpha value is -1.40. The molecule has 5 nitrogen and oxygen atoms in total. The summed E-state index contributed by atoms with van der Waals surface area (Å²) in [6, 6.07) is 8.46. The quantitative estimate of drug-likeness (QED) is 0.909. The van der Waals surface area contributed by atoms with Crippen molar-refractivity contribution in [2.24, 2.45) is 0 Å². The Morgan fingerprint density at radius 2 is 1.91 bits per heavy atom. The van der Waals surface area contributed by atoms with Crippen LogP contribution in [0.1, 0.15) is 42.7 Å². The van der Waals surface area contributed by atoms with Gasteiger partial charge in [-0.15, -0.1) is 0 Å². The van der Waals surface area contributed by atoms with E-state index in [4.69, 9.17) is 0 Å². The smallest absolute Gasteiger partial charge is 0.220 e. The summed E-state index contributed by atoms with van der Waals surface area (Å²) in [5.41, 5.74) is 2.68. The van der Waals surface area contributed by atoms with Crippen LogP contribution in [0, 0.1) is 0 Å². The molecule has 1 N–H and O–H groups in total. The molecular formula is C17H24N2O3S. The van der Waals surface area contributed by atoms with Gasteiger partial charge in [0.15, 0.2) is 0 Å². The third kappa shape index (κ3) is 3.93. The molecule has 1 saturated heterocycles. The van der Waals surface area contributed by atoms with Crippen molar-refractivity contribution < 1.29 is 13.2 Å². The van der Waals surface area contributed by atoms with E-state index >= 15 is 0 Å². The van der Waals surface area contributed by atoms with Crippen LogP contribution in [0.4, 0.5) is 0 Å². The molecule has 3 rings (SSSR count). The lowest BCUT2D eigenvalue weighted by atomic mass is 9.97. The number of piperidine rings is 1. The minimum Gasteiger partial charge on any atom is -0.353 e. The van der Waals surface area contributed by atoms with Gasteiger partial charge in [0.1, 0.15) is 0 Å². The van der Waals surface area contributed by atoms with Crippen LogP contribution in [0.3, 0.4) is 0 Å². The van der Waals surface area contributed by atoms with Crippen LogP contribution >= 0.6 is 0 Å². The lowest BCUT2D eigenvalue weighted by Gasteiger charge is -2.30. The Labute approximate surface area is 138 Å². The summed E-state index contributed by atoms with van der Waals surface area (Å²) in [6.07, 6.45) is 5.26. The highest BCUT2D eigenvalue weighted by Crippen LogP contribution is 2.35. The third-order valence-electron chi connectivity index (χ3n) is 4.98. The predicted molar refractivity (Wildman–Crippen MR) is 89.7 cm³/mol. The summed E-state index contributed by atoms with van der Waals surface area (Å²) in [5.74, 6) is 0.409. The summed E-state index contributed by atoms with van der Waals surface area (Å²) in [5, 5.41) is 3.09. The predicted octanol–water partition coefficient (Wildman–Crippen LogP) is 1.65. The number of aryl methyl sites for hydroxylation is 1. The van der Waals surface area contributed by atoms with Crippen molar-refractivity contribution >= 4 is 15.9 Å². The third-order valence-corrected chi connectivity index (χ3v) is 6.28. The molecule has 1 aliphatic heterocycles. The number of rotatable bonds is 4. The standard InChI is InChI=1S/C17H24N2O3S/c1-23(21,22)19-10-8-15(9-11-19)18-17(20)12-14-7-6-13-4-2-3-5-16(13)14/h2-5,14-15H,6-12H2,1H3,(H,18,20)/t14-/m1/s1. The fraction of sp³-hybridized carbons (Fsp3) is 0.588. The number of amides is 1. The first-order valence-electron chi connectivity index (χ1n) is 8.26. The molecule has 1 atom stereocenters. The van der Waals surface area contributed by atoms with Gasteiger partial charge in [-0.3, -0.25) is 4.79 Å². The van der Waals surface area contributed by atoms with E-state index in [0.717, 1.165) is 12.8 Å². The Bertz CT molecular complexity index is 679. The zero-order chi connectivity index (χ0) is 16.4. The molecule has 1 aromatic carbocycles. The lowest BCUT2D eigenvalue weighted by Crippen LogP contribution is -2.46. The highest BCUT2D eigenvalue weighted by molar-refractivity contribution is 7.88. The van der Waals surface area contributed by atoms with Gasteiger partial charge in [-0.25, -0.2) is 12.7 Å². The molecule has 0 radical (unpaired) electrons. The molecule has 0 aromatic heterocycles. The number of carbonyl (C=O) groups excluding carboxylic acids is 1. The van der Waals surface area contributed by atoms with E-state index in [9.17, 15) is 13.2 Å². The van der Waals surface area contributed by atoms with Crippen LogP contribution in [-0.2, 0) is 21.2 Å². The number of sulfonamides is 1. The van der Waals surface area contributed by atoms with Crippen LogP contribution in [0.5, 0.6) is 0 Å². The monoisotopic (exact) mass is 336 g/mol. The summed E-state index contributed by atoms with van der Waals surface area (Å²) in [7, 11) is -3.11. The molecule has 1 aromatic rings. The first kappa shape index (κ1) is 16.5.